The predicted molar refractivity (Wildman–Crippen MR) is 92.2 cm³/mol. The number of hydrogen-bond donors (Lipinski definition) is 2. The van der Waals surface area contributed by atoms with Gasteiger partial charge in [0, 0.05) is 19.3 Å². The summed E-state index contributed by atoms with van der Waals surface area (Å²) < 4.78 is 0. The van der Waals surface area contributed by atoms with E-state index in [-0.39, 0.29) is 11.9 Å². The molecule has 1 saturated heterocycles. The smallest absolute Gasteiger partial charge is 0.317 e. The maximum absolute atomic E-state index is 12.2. The highest BCUT2D eigenvalue weighted by molar-refractivity contribution is 5.74. The molecule has 2 N–H and O–H groups in total. The molecule has 1 atom stereocenters. The van der Waals surface area contributed by atoms with Crippen molar-refractivity contribution < 1.29 is 9.90 Å². The molecule has 2 amide bonds. The zero-order valence-corrected chi connectivity index (χ0v) is 13.6. The van der Waals surface area contributed by atoms with Gasteiger partial charge in [-0.3, -0.25) is 4.98 Å². The first kappa shape index (κ1) is 16.5. The van der Waals surface area contributed by atoms with Crippen LogP contribution in [-0.4, -0.2) is 34.1 Å². The average molecular weight is 325 g/mol. The van der Waals surface area contributed by atoms with Crippen molar-refractivity contribution in [3.63, 3.8) is 0 Å². The fourth-order valence-electron chi connectivity index (χ4n) is 3.12. The molecule has 1 aromatic heterocycles. The molecule has 1 aliphatic heterocycles. The number of aliphatic hydroxyl groups excluding tert-OH is 1. The molecule has 2 heterocycles. The summed E-state index contributed by atoms with van der Waals surface area (Å²) in [5, 5.41) is 13.4. The Balaban J connectivity index is 1.47. The molecule has 5 nitrogen and oxygen atoms in total. The van der Waals surface area contributed by atoms with Gasteiger partial charge in [-0.05, 0) is 36.5 Å². The number of rotatable bonds is 4. The lowest BCUT2D eigenvalue weighted by Crippen LogP contribution is -2.45. The second-order valence-electron chi connectivity index (χ2n) is 6.16. The molecule has 0 spiro atoms. The van der Waals surface area contributed by atoms with E-state index >= 15 is 0 Å². The van der Waals surface area contributed by atoms with Crippen molar-refractivity contribution >= 4 is 6.03 Å². The maximum Gasteiger partial charge on any atom is 0.317 e. The van der Waals surface area contributed by atoms with Crippen LogP contribution in [0.3, 0.4) is 0 Å². The summed E-state index contributed by atoms with van der Waals surface area (Å²) in [6.45, 7) is 1.78. The molecule has 126 valence electrons. The van der Waals surface area contributed by atoms with Crippen LogP contribution < -0.4 is 5.32 Å². The molecule has 0 bridgehead atoms. The Kier molecular flexibility index (Phi) is 5.43. The fraction of sp³-hybridized carbons (Fsp3) is 0.368. The van der Waals surface area contributed by atoms with Crippen LogP contribution >= 0.6 is 0 Å². The van der Waals surface area contributed by atoms with Gasteiger partial charge in [0.2, 0.25) is 0 Å². The zero-order chi connectivity index (χ0) is 16.8. The van der Waals surface area contributed by atoms with E-state index in [0.717, 1.165) is 24.1 Å². The highest BCUT2D eigenvalue weighted by Crippen LogP contribution is 2.30. The first-order valence-electron chi connectivity index (χ1n) is 8.40. The van der Waals surface area contributed by atoms with Crippen LogP contribution in [-0.2, 0) is 6.54 Å². The molecule has 1 aliphatic rings. The average Bonchev–Trinajstić information content (AvgIpc) is 2.67. The van der Waals surface area contributed by atoms with Crippen molar-refractivity contribution in [1.29, 1.82) is 0 Å². The Hall–Kier alpha value is -2.40. The van der Waals surface area contributed by atoms with Crippen LogP contribution in [0.4, 0.5) is 4.79 Å². The SMILES string of the molecule is O=C(NCc1ccccn1)N1CCC(C(O)c2ccccc2)CC1. The van der Waals surface area contributed by atoms with Crippen LogP contribution in [0.15, 0.2) is 54.7 Å². The minimum atomic E-state index is -0.454. The highest BCUT2D eigenvalue weighted by atomic mass is 16.3. The van der Waals surface area contributed by atoms with Gasteiger partial charge in [-0.2, -0.15) is 0 Å². The molecule has 0 saturated carbocycles. The van der Waals surface area contributed by atoms with E-state index in [2.05, 4.69) is 10.3 Å². The van der Waals surface area contributed by atoms with Gasteiger partial charge in [0.25, 0.3) is 0 Å². The number of likely N-dealkylation sites (tertiary alicyclic amines) is 1. The third-order valence-electron chi connectivity index (χ3n) is 4.56. The largest absolute Gasteiger partial charge is 0.388 e. The topological polar surface area (TPSA) is 65.5 Å². The molecule has 1 aromatic carbocycles. The standard InChI is InChI=1S/C19H23N3O2/c23-18(15-6-2-1-3-7-15)16-9-12-22(13-10-16)19(24)21-14-17-8-4-5-11-20-17/h1-8,11,16,18,23H,9-10,12-14H2,(H,21,24). The summed E-state index contributed by atoms with van der Waals surface area (Å²) in [4.78, 5) is 18.3. The van der Waals surface area contributed by atoms with E-state index in [1.54, 1.807) is 6.20 Å². The first-order chi connectivity index (χ1) is 11.7. The van der Waals surface area contributed by atoms with Gasteiger partial charge in [0.1, 0.15) is 0 Å². The Bertz CT molecular complexity index is 640. The van der Waals surface area contributed by atoms with Crippen LogP contribution in [0.5, 0.6) is 0 Å². The fourth-order valence-corrected chi connectivity index (χ4v) is 3.12. The number of amides is 2. The summed E-state index contributed by atoms with van der Waals surface area (Å²) in [5.41, 5.74) is 1.80. The van der Waals surface area contributed by atoms with Crippen LogP contribution in [0.2, 0.25) is 0 Å². The van der Waals surface area contributed by atoms with Crippen molar-refractivity contribution in [2.24, 2.45) is 5.92 Å². The van der Waals surface area contributed by atoms with E-state index in [9.17, 15) is 9.90 Å². The summed E-state index contributed by atoms with van der Waals surface area (Å²) in [6.07, 6.45) is 2.89. The predicted octanol–water partition coefficient (Wildman–Crippen LogP) is 2.74. The second kappa shape index (κ2) is 7.93. The van der Waals surface area contributed by atoms with Crippen molar-refractivity contribution in [1.82, 2.24) is 15.2 Å². The van der Waals surface area contributed by atoms with E-state index in [1.807, 2.05) is 53.4 Å². The second-order valence-corrected chi connectivity index (χ2v) is 6.16. The molecule has 1 fully saturated rings. The highest BCUT2D eigenvalue weighted by Gasteiger charge is 2.28. The van der Waals surface area contributed by atoms with Gasteiger partial charge >= 0.3 is 6.03 Å². The van der Waals surface area contributed by atoms with Crippen LogP contribution in [0, 0.1) is 5.92 Å². The number of benzene rings is 1. The summed E-state index contributed by atoms with van der Waals surface area (Å²) in [7, 11) is 0. The van der Waals surface area contributed by atoms with E-state index in [0.29, 0.717) is 19.6 Å². The number of aromatic nitrogens is 1. The molecule has 1 unspecified atom stereocenters. The summed E-state index contributed by atoms with van der Waals surface area (Å²) in [6, 6.07) is 15.3. The summed E-state index contributed by atoms with van der Waals surface area (Å²) >= 11 is 0. The Morgan fingerprint density at radius 3 is 2.54 bits per heavy atom. The van der Waals surface area contributed by atoms with Gasteiger partial charge in [-0.15, -0.1) is 0 Å². The third kappa shape index (κ3) is 4.11. The van der Waals surface area contributed by atoms with Gasteiger partial charge in [0.05, 0.1) is 18.3 Å². The monoisotopic (exact) mass is 325 g/mol. The van der Waals surface area contributed by atoms with Crippen molar-refractivity contribution in [2.75, 3.05) is 13.1 Å². The Morgan fingerprint density at radius 2 is 1.88 bits per heavy atom. The lowest BCUT2D eigenvalue weighted by atomic mass is 9.87. The van der Waals surface area contributed by atoms with E-state index in [1.165, 1.54) is 0 Å². The number of nitrogens with one attached hydrogen (secondary N) is 1. The molecule has 0 aliphatic carbocycles. The van der Waals surface area contributed by atoms with Gasteiger partial charge < -0.3 is 15.3 Å². The van der Waals surface area contributed by atoms with E-state index < -0.39 is 6.10 Å². The Labute approximate surface area is 142 Å². The van der Waals surface area contributed by atoms with Crippen LogP contribution in [0.1, 0.15) is 30.2 Å². The molecule has 3 rings (SSSR count). The van der Waals surface area contributed by atoms with Gasteiger partial charge in [-0.25, -0.2) is 4.79 Å². The van der Waals surface area contributed by atoms with Gasteiger partial charge in [-0.1, -0.05) is 36.4 Å². The van der Waals surface area contributed by atoms with Crippen molar-refractivity contribution in [3.8, 4) is 0 Å². The zero-order valence-electron chi connectivity index (χ0n) is 13.6. The molecule has 24 heavy (non-hydrogen) atoms. The van der Waals surface area contributed by atoms with E-state index in [4.69, 9.17) is 0 Å². The lowest BCUT2D eigenvalue weighted by Gasteiger charge is -2.34. The number of hydrogen-bond acceptors (Lipinski definition) is 3. The first-order valence-corrected chi connectivity index (χ1v) is 8.40. The van der Waals surface area contributed by atoms with Crippen molar-refractivity contribution in [3.05, 3.63) is 66.0 Å². The number of piperidine rings is 1. The van der Waals surface area contributed by atoms with Gasteiger partial charge in [0.15, 0.2) is 0 Å². The lowest BCUT2D eigenvalue weighted by molar-refractivity contribution is 0.0665. The molecular weight excluding hydrogens is 302 g/mol. The molecule has 5 heteroatoms. The Morgan fingerprint density at radius 1 is 1.17 bits per heavy atom. The summed E-state index contributed by atoms with van der Waals surface area (Å²) in [5.74, 6) is 0.201. The minimum absolute atomic E-state index is 0.0618. The normalized spacial score (nSPS) is 16.6. The number of carbonyl (C=O) groups is 1. The number of nitrogens with zero attached hydrogens (tertiary/aromatic N) is 2. The maximum atomic E-state index is 12.2. The van der Waals surface area contributed by atoms with Crippen molar-refractivity contribution in [2.45, 2.75) is 25.5 Å². The molecule has 2 aromatic rings. The quantitative estimate of drug-likeness (QED) is 0.908. The number of urea groups is 1. The number of aliphatic hydroxyl groups is 1. The third-order valence-corrected chi connectivity index (χ3v) is 4.56. The molecule has 0 radical (unpaired) electrons. The number of carbonyl (C=O) groups excluding carboxylic acids is 1. The molecular formula is C19H23N3O2. The number of pyridine rings is 1. The minimum Gasteiger partial charge on any atom is -0.388 e. The van der Waals surface area contributed by atoms with Crippen LogP contribution in [0.25, 0.3) is 0 Å².